The third kappa shape index (κ3) is 4.59. The van der Waals surface area contributed by atoms with E-state index in [4.69, 9.17) is 0 Å². The van der Waals surface area contributed by atoms with Crippen molar-refractivity contribution >= 4 is 38.7 Å². The van der Waals surface area contributed by atoms with E-state index in [0.29, 0.717) is 34.8 Å². The number of carbonyl (C=O) groups excluding carboxylic acids is 1. The van der Waals surface area contributed by atoms with Crippen molar-refractivity contribution in [3.8, 4) is 0 Å². The molecule has 1 N–H and O–H groups in total. The maximum absolute atomic E-state index is 13.8. The van der Waals surface area contributed by atoms with Crippen LogP contribution >= 0.6 is 15.9 Å². The van der Waals surface area contributed by atoms with Crippen molar-refractivity contribution in [1.82, 2.24) is 24.5 Å². The highest BCUT2D eigenvalue weighted by atomic mass is 79.9. The zero-order valence-corrected chi connectivity index (χ0v) is 20.3. The van der Waals surface area contributed by atoms with Gasteiger partial charge in [0.15, 0.2) is 11.5 Å². The number of aromatic nitrogens is 5. The monoisotopic (exact) mass is 528 g/mol. The van der Waals surface area contributed by atoms with Crippen LogP contribution in [0.4, 0.5) is 14.6 Å². The third-order valence-corrected chi connectivity index (χ3v) is 6.47. The van der Waals surface area contributed by atoms with Crippen LogP contribution in [0, 0.1) is 13.8 Å². The Morgan fingerprint density at radius 2 is 1.88 bits per heavy atom. The second kappa shape index (κ2) is 8.90. The predicted molar refractivity (Wildman–Crippen MR) is 128 cm³/mol. The number of anilines is 1. The van der Waals surface area contributed by atoms with Gasteiger partial charge in [0, 0.05) is 33.4 Å². The Morgan fingerprint density at radius 3 is 2.56 bits per heavy atom. The molecule has 1 aromatic carbocycles. The molecule has 1 saturated carbocycles. The number of fused-ring (bicyclic) bond motifs is 1. The fraction of sp³-hybridized carbons (Fsp3) is 0.333. The molecular weight excluding hydrogens is 506 g/mol. The number of aryl methyl sites for hydroxylation is 2. The molecule has 0 spiro atoms. The molecular formula is C24H23BrF2N6O. The zero-order valence-electron chi connectivity index (χ0n) is 18.7. The summed E-state index contributed by atoms with van der Waals surface area (Å²) in [5.74, 6) is 0.277. The van der Waals surface area contributed by atoms with Crippen LogP contribution < -0.4 is 5.32 Å². The van der Waals surface area contributed by atoms with Crippen LogP contribution in [-0.4, -0.2) is 30.5 Å². The highest BCUT2D eigenvalue weighted by Gasteiger charge is 2.29. The molecule has 0 saturated heterocycles. The summed E-state index contributed by atoms with van der Waals surface area (Å²) in [5, 5.41) is 12.0. The zero-order chi connectivity index (χ0) is 24.0. The first kappa shape index (κ1) is 22.6. The van der Waals surface area contributed by atoms with Gasteiger partial charge >= 0.3 is 0 Å². The van der Waals surface area contributed by atoms with Crippen LogP contribution in [0.15, 0.2) is 40.9 Å². The number of alkyl halides is 2. The Balaban J connectivity index is 1.36. The summed E-state index contributed by atoms with van der Waals surface area (Å²) >= 11 is 3.43. The summed E-state index contributed by atoms with van der Waals surface area (Å²) < 4.78 is 31.7. The lowest BCUT2D eigenvalue weighted by Gasteiger charge is -2.08. The maximum atomic E-state index is 13.8. The molecule has 0 unspecified atom stereocenters. The van der Waals surface area contributed by atoms with Gasteiger partial charge in [-0.3, -0.25) is 9.48 Å². The van der Waals surface area contributed by atoms with Crippen molar-refractivity contribution in [2.45, 2.75) is 52.1 Å². The number of rotatable bonds is 7. The number of halogens is 3. The number of nitrogens with zero attached hydrogens (tertiary/aromatic N) is 5. The maximum Gasteiger partial charge on any atom is 0.264 e. The molecule has 176 valence electrons. The van der Waals surface area contributed by atoms with E-state index in [9.17, 15) is 13.6 Å². The Bertz CT molecular complexity index is 1370. The molecule has 3 aromatic heterocycles. The van der Waals surface area contributed by atoms with Crippen molar-refractivity contribution in [3.05, 3.63) is 69.1 Å². The lowest BCUT2D eigenvalue weighted by molar-refractivity contribution is -0.116. The SMILES string of the molecule is Cc1nn(CC(=O)Nc2cc(C)n(Cc3ccc(Br)cc3)n2)c2nc(C3CC3)cc(C(F)F)c12. The third-order valence-electron chi connectivity index (χ3n) is 5.95. The largest absolute Gasteiger partial charge is 0.308 e. The average Bonchev–Trinajstić information content (AvgIpc) is 3.52. The van der Waals surface area contributed by atoms with Crippen molar-refractivity contribution in [2.75, 3.05) is 5.32 Å². The molecule has 3 heterocycles. The summed E-state index contributed by atoms with van der Waals surface area (Å²) in [6, 6.07) is 11.2. The van der Waals surface area contributed by atoms with Crippen LogP contribution in [0.25, 0.3) is 11.0 Å². The fourth-order valence-corrected chi connectivity index (χ4v) is 4.35. The summed E-state index contributed by atoms with van der Waals surface area (Å²) in [6.07, 6.45) is -0.750. The van der Waals surface area contributed by atoms with Gasteiger partial charge in [-0.15, -0.1) is 0 Å². The molecule has 4 aromatic rings. The van der Waals surface area contributed by atoms with E-state index in [0.717, 1.165) is 28.6 Å². The van der Waals surface area contributed by atoms with Crippen molar-refractivity contribution in [2.24, 2.45) is 0 Å². The first-order chi connectivity index (χ1) is 16.3. The van der Waals surface area contributed by atoms with Crippen LogP contribution in [-0.2, 0) is 17.9 Å². The molecule has 0 radical (unpaired) electrons. The Hall–Kier alpha value is -3.14. The second-order valence-corrected chi connectivity index (χ2v) is 9.57. The van der Waals surface area contributed by atoms with Gasteiger partial charge in [-0.1, -0.05) is 28.1 Å². The van der Waals surface area contributed by atoms with Gasteiger partial charge in [-0.05, 0) is 50.5 Å². The molecule has 1 aliphatic rings. The van der Waals surface area contributed by atoms with Gasteiger partial charge < -0.3 is 5.32 Å². The smallest absolute Gasteiger partial charge is 0.264 e. The molecule has 0 aliphatic heterocycles. The van der Waals surface area contributed by atoms with Gasteiger partial charge in [0.25, 0.3) is 6.43 Å². The number of pyridine rings is 1. The van der Waals surface area contributed by atoms with Gasteiger partial charge in [0.2, 0.25) is 5.91 Å². The quantitative estimate of drug-likeness (QED) is 0.343. The Morgan fingerprint density at radius 1 is 1.15 bits per heavy atom. The van der Waals surface area contributed by atoms with E-state index < -0.39 is 6.43 Å². The Labute approximate surface area is 203 Å². The Kier molecular flexibility index (Phi) is 5.93. The van der Waals surface area contributed by atoms with Crippen molar-refractivity contribution in [3.63, 3.8) is 0 Å². The number of hydrogen-bond donors (Lipinski definition) is 1. The number of amides is 1. The molecule has 0 atom stereocenters. The summed E-state index contributed by atoms with van der Waals surface area (Å²) in [6.45, 7) is 4.00. The minimum Gasteiger partial charge on any atom is -0.308 e. The van der Waals surface area contributed by atoms with Crippen LogP contribution in [0.5, 0.6) is 0 Å². The second-order valence-electron chi connectivity index (χ2n) is 8.66. The topological polar surface area (TPSA) is 77.6 Å². The van der Waals surface area contributed by atoms with E-state index in [1.807, 2.05) is 35.9 Å². The predicted octanol–water partition coefficient (Wildman–Crippen LogP) is 5.51. The molecule has 7 nitrogen and oxygen atoms in total. The van der Waals surface area contributed by atoms with Gasteiger partial charge in [0.05, 0.1) is 17.6 Å². The van der Waals surface area contributed by atoms with Crippen molar-refractivity contribution < 1.29 is 13.6 Å². The summed E-state index contributed by atoms with van der Waals surface area (Å²) in [5.41, 5.74) is 3.31. The van der Waals surface area contributed by atoms with Crippen LogP contribution in [0.3, 0.4) is 0 Å². The van der Waals surface area contributed by atoms with Crippen LogP contribution in [0.2, 0.25) is 0 Å². The molecule has 1 aliphatic carbocycles. The van der Waals surface area contributed by atoms with E-state index in [1.165, 1.54) is 10.7 Å². The van der Waals surface area contributed by atoms with E-state index in [2.05, 4.69) is 36.4 Å². The van der Waals surface area contributed by atoms with E-state index in [-0.39, 0.29) is 23.9 Å². The lowest BCUT2D eigenvalue weighted by atomic mass is 10.1. The molecule has 1 amide bonds. The van der Waals surface area contributed by atoms with Crippen molar-refractivity contribution in [1.29, 1.82) is 0 Å². The average molecular weight is 529 g/mol. The normalized spacial score (nSPS) is 13.7. The van der Waals surface area contributed by atoms with Gasteiger partial charge in [0.1, 0.15) is 6.54 Å². The number of benzene rings is 1. The lowest BCUT2D eigenvalue weighted by Crippen LogP contribution is -2.20. The summed E-state index contributed by atoms with van der Waals surface area (Å²) in [7, 11) is 0. The van der Waals surface area contributed by atoms with Gasteiger partial charge in [-0.2, -0.15) is 10.2 Å². The minimum atomic E-state index is -2.63. The summed E-state index contributed by atoms with van der Waals surface area (Å²) in [4.78, 5) is 17.4. The number of hydrogen-bond acceptors (Lipinski definition) is 4. The number of nitrogens with one attached hydrogen (secondary N) is 1. The molecule has 34 heavy (non-hydrogen) atoms. The number of carbonyl (C=O) groups is 1. The molecule has 0 bridgehead atoms. The molecule has 5 rings (SSSR count). The minimum absolute atomic E-state index is 0.0710. The standard InChI is InChI=1S/C24H23BrF2N6O/c1-13-9-20(31-32(13)11-15-3-7-17(25)8-4-15)29-21(34)12-33-24-22(14(2)30-33)18(23(26)27)10-19(28-24)16-5-6-16/h3-4,7-10,16,23H,5-6,11-12H2,1-2H3,(H,29,31,34). The highest BCUT2D eigenvalue weighted by molar-refractivity contribution is 9.10. The highest BCUT2D eigenvalue weighted by Crippen LogP contribution is 2.41. The van der Waals surface area contributed by atoms with Gasteiger partial charge in [-0.25, -0.2) is 18.4 Å². The fourth-order valence-electron chi connectivity index (χ4n) is 4.09. The first-order valence-corrected chi connectivity index (χ1v) is 11.8. The van der Waals surface area contributed by atoms with E-state index in [1.54, 1.807) is 13.0 Å². The van der Waals surface area contributed by atoms with Crippen LogP contribution in [0.1, 0.15) is 53.4 Å². The van der Waals surface area contributed by atoms with E-state index >= 15 is 0 Å². The molecule has 1 fully saturated rings. The molecule has 10 heteroatoms. The first-order valence-electron chi connectivity index (χ1n) is 11.0.